The minimum absolute atomic E-state index is 0.00362. The minimum Gasteiger partial charge on any atom is -0.462 e. The Morgan fingerprint density at radius 2 is 1.59 bits per heavy atom. The molecule has 0 radical (unpaired) electrons. The number of alkyl halides is 6. The van der Waals surface area contributed by atoms with Crippen LogP contribution in [0.5, 0.6) is 0 Å². The molecule has 0 aliphatic carbocycles. The number of nitrogens with one attached hydrogen (secondary N) is 1. The van der Waals surface area contributed by atoms with Gasteiger partial charge in [0.25, 0.3) is 5.91 Å². The summed E-state index contributed by atoms with van der Waals surface area (Å²) < 4.78 is 87.7. The van der Waals surface area contributed by atoms with E-state index >= 15 is 0 Å². The lowest BCUT2D eigenvalue weighted by molar-refractivity contribution is -0.143. The summed E-state index contributed by atoms with van der Waals surface area (Å²) in [5.41, 5.74) is -4.21. The molecule has 0 saturated heterocycles. The summed E-state index contributed by atoms with van der Waals surface area (Å²) in [7, 11) is 1.08. The first-order valence-corrected chi connectivity index (χ1v) is 9.15. The molecular formula is C19H13F6N5O4. The molecule has 0 aliphatic rings. The van der Waals surface area contributed by atoms with Gasteiger partial charge in [0.2, 0.25) is 5.82 Å². The molecule has 0 saturated carbocycles. The smallest absolute Gasteiger partial charge is 0.416 e. The normalized spacial score (nSPS) is 12.8. The summed E-state index contributed by atoms with van der Waals surface area (Å²) in [5.74, 6) is -2.89. The van der Waals surface area contributed by atoms with Crippen molar-refractivity contribution in [2.24, 2.45) is 0 Å². The molecule has 0 bridgehead atoms. The van der Waals surface area contributed by atoms with Crippen LogP contribution in [0.3, 0.4) is 0 Å². The van der Waals surface area contributed by atoms with E-state index in [0.29, 0.717) is 12.1 Å². The van der Waals surface area contributed by atoms with E-state index in [9.17, 15) is 35.9 Å². The van der Waals surface area contributed by atoms with E-state index < -0.39 is 52.9 Å². The number of carbonyl (C=O) groups is 2. The average molecular weight is 489 g/mol. The Bertz CT molecular complexity index is 1190. The lowest BCUT2D eigenvalue weighted by Crippen LogP contribution is -2.28. The zero-order valence-electron chi connectivity index (χ0n) is 17.2. The lowest BCUT2D eigenvalue weighted by atomic mass is 10.0. The fraction of sp³-hybridized carbons (Fsp3) is 0.263. The molecule has 3 rings (SSSR count). The Balaban J connectivity index is 1.93. The molecule has 2 aromatic heterocycles. The molecule has 1 atom stereocenters. The highest BCUT2D eigenvalue weighted by atomic mass is 19.4. The predicted octanol–water partition coefficient (Wildman–Crippen LogP) is 3.84. The molecule has 15 heteroatoms. The predicted molar refractivity (Wildman–Crippen MR) is 99.0 cm³/mol. The fourth-order valence-corrected chi connectivity index (χ4v) is 2.76. The first-order valence-electron chi connectivity index (χ1n) is 9.15. The maximum atomic E-state index is 13.1. The molecule has 0 fully saturated rings. The van der Waals surface area contributed by atoms with Gasteiger partial charge in [0, 0.05) is 18.0 Å². The van der Waals surface area contributed by atoms with Crippen LogP contribution >= 0.6 is 0 Å². The van der Waals surface area contributed by atoms with Crippen molar-refractivity contribution in [1.29, 1.82) is 0 Å². The summed E-state index contributed by atoms with van der Waals surface area (Å²) in [6.07, 6.45) is -7.79. The highest BCUT2D eigenvalue weighted by Gasteiger charge is 2.37. The molecule has 0 spiro atoms. The van der Waals surface area contributed by atoms with Crippen molar-refractivity contribution < 1.29 is 45.2 Å². The zero-order valence-corrected chi connectivity index (χ0v) is 17.2. The second-order valence-electron chi connectivity index (χ2n) is 6.69. The Kier molecular flexibility index (Phi) is 6.56. The van der Waals surface area contributed by atoms with Gasteiger partial charge in [-0.25, -0.2) is 9.78 Å². The summed E-state index contributed by atoms with van der Waals surface area (Å²) in [5, 5.41) is 5.83. The maximum absolute atomic E-state index is 13.1. The molecule has 180 valence electrons. The highest BCUT2D eigenvalue weighted by molar-refractivity contribution is 5.95. The van der Waals surface area contributed by atoms with Crippen molar-refractivity contribution in [1.82, 2.24) is 25.4 Å². The first-order chi connectivity index (χ1) is 15.8. The van der Waals surface area contributed by atoms with Crippen molar-refractivity contribution in [3.8, 4) is 11.5 Å². The topological polar surface area (TPSA) is 120 Å². The molecule has 3 aromatic rings. The number of hydrogen-bond donors (Lipinski definition) is 1. The number of esters is 1. The lowest BCUT2D eigenvalue weighted by Gasteiger charge is -2.17. The van der Waals surface area contributed by atoms with Crippen LogP contribution in [-0.2, 0) is 17.1 Å². The van der Waals surface area contributed by atoms with E-state index in [1.54, 1.807) is 0 Å². The Labute approximate surface area is 186 Å². The number of rotatable bonds is 5. The Morgan fingerprint density at radius 1 is 1.00 bits per heavy atom. The van der Waals surface area contributed by atoms with E-state index in [0.717, 1.165) is 7.11 Å². The molecule has 34 heavy (non-hydrogen) atoms. The van der Waals surface area contributed by atoms with Crippen molar-refractivity contribution >= 4 is 11.9 Å². The molecule has 2 heterocycles. The number of aromatic nitrogens is 4. The van der Waals surface area contributed by atoms with Crippen LogP contribution in [0.1, 0.15) is 50.8 Å². The Morgan fingerprint density at radius 3 is 2.15 bits per heavy atom. The molecule has 1 N–H and O–H groups in total. The second-order valence-corrected chi connectivity index (χ2v) is 6.69. The molecule has 1 aromatic carbocycles. The van der Waals surface area contributed by atoms with Crippen LogP contribution in [0.4, 0.5) is 26.3 Å². The third-order valence-corrected chi connectivity index (χ3v) is 4.33. The van der Waals surface area contributed by atoms with Gasteiger partial charge in [-0.05, 0) is 25.1 Å². The SMILES string of the molecule is COC(=O)c1nc(-c2nccnc2C(C)NC(=O)c2cc(C(F)(F)F)cc(C(F)(F)F)c2)no1. The van der Waals surface area contributed by atoms with E-state index in [1.807, 2.05) is 0 Å². The number of amides is 1. The first kappa shape index (κ1) is 24.6. The van der Waals surface area contributed by atoms with Gasteiger partial charge >= 0.3 is 24.2 Å². The third-order valence-electron chi connectivity index (χ3n) is 4.33. The van der Waals surface area contributed by atoms with Crippen molar-refractivity contribution in [3.63, 3.8) is 0 Å². The van der Waals surface area contributed by atoms with Crippen molar-refractivity contribution in [3.05, 3.63) is 58.9 Å². The fourth-order valence-electron chi connectivity index (χ4n) is 2.76. The van der Waals surface area contributed by atoms with Crippen molar-refractivity contribution in [2.45, 2.75) is 25.3 Å². The van der Waals surface area contributed by atoms with Gasteiger partial charge < -0.3 is 14.6 Å². The van der Waals surface area contributed by atoms with Gasteiger partial charge in [-0.1, -0.05) is 5.16 Å². The average Bonchev–Trinajstić information content (AvgIpc) is 3.27. The molecule has 1 amide bonds. The number of carbonyl (C=O) groups excluding carboxylic acids is 2. The third kappa shape index (κ3) is 5.29. The van der Waals surface area contributed by atoms with Crippen LogP contribution in [0, 0.1) is 0 Å². The van der Waals surface area contributed by atoms with Crippen LogP contribution in [-0.4, -0.2) is 39.1 Å². The summed E-state index contributed by atoms with van der Waals surface area (Å²) >= 11 is 0. The quantitative estimate of drug-likeness (QED) is 0.424. The number of benzene rings is 1. The molecule has 1 unspecified atom stereocenters. The highest BCUT2D eigenvalue weighted by Crippen LogP contribution is 2.36. The molecule has 9 nitrogen and oxygen atoms in total. The summed E-state index contributed by atoms with van der Waals surface area (Å²) in [6, 6.07) is -0.566. The number of hydrogen-bond acceptors (Lipinski definition) is 8. The Hall–Kier alpha value is -4.04. The van der Waals surface area contributed by atoms with Gasteiger partial charge in [0.15, 0.2) is 0 Å². The monoisotopic (exact) mass is 489 g/mol. The zero-order chi connectivity index (χ0) is 25.3. The molecular weight excluding hydrogens is 476 g/mol. The summed E-state index contributed by atoms with van der Waals surface area (Å²) in [4.78, 5) is 35.9. The summed E-state index contributed by atoms with van der Waals surface area (Å²) in [6.45, 7) is 1.35. The van der Waals surface area contributed by atoms with Crippen LogP contribution < -0.4 is 5.32 Å². The number of methoxy groups -OCH3 is 1. The number of halogens is 6. The van der Waals surface area contributed by atoms with Crippen molar-refractivity contribution in [2.75, 3.05) is 7.11 Å². The van der Waals surface area contributed by atoms with Crippen LogP contribution in [0.25, 0.3) is 11.5 Å². The maximum Gasteiger partial charge on any atom is 0.416 e. The second kappa shape index (κ2) is 9.07. The number of nitrogens with zero attached hydrogens (tertiary/aromatic N) is 4. The van der Waals surface area contributed by atoms with Gasteiger partial charge in [-0.3, -0.25) is 9.78 Å². The molecule has 0 aliphatic heterocycles. The van der Waals surface area contributed by atoms with Gasteiger partial charge in [0.05, 0.1) is 30.0 Å². The van der Waals surface area contributed by atoms with E-state index in [2.05, 4.69) is 30.2 Å². The van der Waals surface area contributed by atoms with E-state index in [-0.39, 0.29) is 23.3 Å². The van der Waals surface area contributed by atoms with Gasteiger partial charge in [0.1, 0.15) is 5.69 Å². The standard InChI is InChI=1S/C19H13F6N5O4/c1-8(12-13(27-4-3-26-12)14-29-16(34-30-14)17(32)33-2)28-15(31)9-5-10(18(20,21)22)7-11(6-9)19(23,24)25/h3-8H,1-2H3,(H,28,31). The van der Waals surface area contributed by atoms with Crippen LogP contribution in [0.15, 0.2) is 35.1 Å². The van der Waals surface area contributed by atoms with E-state index in [1.165, 1.54) is 19.3 Å². The van der Waals surface area contributed by atoms with Gasteiger partial charge in [-0.15, -0.1) is 0 Å². The number of ether oxygens (including phenoxy) is 1. The minimum atomic E-state index is -5.12. The van der Waals surface area contributed by atoms with E-state index in [4.69, 9.17) is 4.52 Å². The van der Waals surface area contributed by atoms with Gasteiger partial charge in [-0.2, -0.15) is 31.3 Å². The largest absolute Gasteiger partial charge is 0.462 e. The van der Waals surface area contributed by atoms with Crippen LogP contribution in [0.2, 0.25) is 0 Å².